The summed E-state index contributed by atoms with van der Waals surface area (Å²) in [5, 5.41) is 13.8. The van der Waals surface area contributed by atoms with E-state index in [1.54, 1.807) is 57.6 Å². The lowest BCUT2D eigenvalue weighted by atomic mass is 9.94. The van der Waals surface area contributed by atoms with E-state index in [9.17, 15) is 14.0 Å². The molecule has 1 amide bonds. The van der Waals surface area contributed by atoms with E-state index in [4.69, 9.17) is 11.6 Å². The fraction of sp³-hybridized carbons (Fsp3) is 0.321. The molecule has 4 aromatic rings. The quantitative estimate of drug-likeness (QED) is 0.299. The van der Waals surface area contributed by atoms with E-state index >= 15 is 0 Å². The van der Waals surface area contributed by atoms with E-state index in [1.807, 2.05) is 13.1 Å². The highest BCUT2D eigenvalue weighted by molar-refractivity contribution is 9.10. The van der Waals surface area contributed by atoms with Crippen LogP contribution >= 0.6 is 27.5 Å². The highest BCUT2D eigenvalue weighted by Gasteiger charge is 2.60. The van der Waals surface area contributed by atoms with Crippen molar-refractivity contribution < 1.29 is 9.18 Å². The molecular formula is C28H25BrClFN6O2. The molecule has 2 aliphatic rings. The maximum atomic E-state index is 14.6. The Hall–Kier alpha value is -3.37. The first-order valence-corrected chi connectivity index (χ1v) is 13.9. The molecule has 0 radical (unpaired) electrons. The summed E-state index contributed by atoms with van der Waals surface area (Å²) in [6.07, 6.45) is 4.17. The van der Waals surface area contributed by atoms with Gasteiger partial charge in [-0.3, -0.25) is 9.59 Å². The molecule has 1 spiro atoms. The van der Waals surface area contributed by atoms with Gasteiger partial charge in [-0.15, -0.1) is 5.10 Å². The first-order valence-electron chi connectivity index (χ1n) is 12.7. The van der Waals surface area contributed by atoms with Gasteiger partial charge in [0.25, 0.3) is 5.91 Å². The molecule has 1 saturated heterocycles. The smallest absolute Gasteiger partial charge is 0.278 e. The van der Waals surface area contributed by atoms with Crippen molar-refractivity contribution in [3.05, 3.63) is 103 Å². The summed E-state index contributed by atoms with van der Waals surface area (Å²) < 4.78 is 18.5. The van der Waals surface area contributed by atoms with Gasteiger partial charge in [-0.1, -0.05) is 38.8 Å². The summed E-state index contributed by atoms with van der Waals surface area (Å²) >= 11 is 9.32. The summed E-state index contributed by atoms with van der Waals surface area (Å²) in [5.41, 5.74) is 1.67. The Kier molecular flexibility index (Phi) is 6.42. The van der Waals surface area contributed by atoms with E-state index in [0.717, 1.165) is 18.5 Å². The number of halogens is 3. The van der Waals surface area contributed by atoms with E-state index in [1.165, 1.54) is 12.1 Å². The Balaban J connectivity index is 1.27. The normalized spacial score (nSPS) is 18.5. The molecule has 1 unspecified atom stereocenters. The average molecular weight is 612 g/mol. The molecule has 1 aliphatic carbocycles. The number of amides is 1. The van der Waals surface area contributed by atoms with Gasteiger partial charge in [0, 0.05) is 45.5 Å². The average Bonchev–Trinajstić information content (AvgIpc) is 3.37. The third-order valence-corrected chi connectivity index (χ3v) is 8.66. The van der Waals surface area contributed by atoms with Crippen molar-refractivity contribution in [3.8, 4) is 5.69 Å². The van der Waals surface area contributed by atoms with Gasteiger partial charge in [0.05, 0.1) is 23.0 Å². The number of aromatic nitrogens is 5. The van der Waals surface area contributed by atoms with Gasteiger partial charge in [-0.05, 0) is 69.5 Å². The van der Waals surface area contributed by atoms with Crippen LogP contribution in [0.1, 0.15) is 65.6 Å². The first-order chi connectivity index (χ1) is 18.7. The summed E-state index contributed by atoms with van der Waals surface area (Å²) in [6.45, 7) is 4.14. The number of rotatable bonds is 5. The monoisotopic (exact) mass is 610 g/mol. The van der Waals surface area contributed by atoms with Gasteiger partial charge in [0.2, 0.25) is 5.43 Å². The maximum absolute atomic E-state index is 14.6. The minimum atomic E-state index is -0.422. The molecule has 0 N–H and O–H groups in total. The van der Waals surface area contributed by atoms with Crippen molar-refractivity contribution in [3.63, 3.8) is 0 Å². The third-order valence-electron chi connectivity index (χ3n) is 7.91. The van der Waals surface area contributed by atoms with Crippen LogP contribution in [0, 0.1) is 12.7 Å². The zero-order valence-corrected chi connectivity index (χ0v) is 23.7. The molecule has 3 heterocycles. The highest BCUT2D eigenvalue weighted by atomic mass is 79.9. The Morgan fingerprint density at radius 1 is 1.18 bits per heavy atom. The minimum absolute atomic E-state index is 0.0268. The topological polar surface area (TPSA) is 85.9 Å². The predicted molar refractivity (Wildman–Crippen MR) is 148 cm³/mol. The predicted octanol–water partition coefficient (Wildman–Crippen LogP) is 5.46. The van der Waals surface area contributed by atoms with Gasteiger partial charge in [0.15, 0.2) is 5.69 Å². The second-order valence-electron chi connectivity index (χ2n) is 10.3. The molecular weight excluding hydrogens is 587 g/mol. The number of hydrogen-bond acceptors (Lipinski definition) is 5. The molecule has 11 heteroatoms. The zero-order chi connectivity index (χ0) is 27.5. The molecule has 2 fully saturated rings. The molecule has 2 aromatic carbocycles. The molecule has 39 heavy (non-hydrogen) atoms. The molecule has 1 aliphatic heterocycles. The SMILES string of the molecule is Cc1cc(=O)c(C(=O)N2CCC(c3cn([C@@H](C)c4ccc(Br)cc4F)nn3)C23CC3)nn1-c1ccc(Cl)cc1. The maximum Gasteiger partial charge on any atom is 0.278 e. The van der Waals surface area contributed by atoms with Crippen molar-refractivity contribution in [2.75, 3.05) is 6.54 Å². The Morgan fingerprint density at radius 2 is 1.92 bits per heavy atom. The lowest BCUT2D eigenvalue weighted by molar-refractivity contribution is 0.0699. The van der Waals surface area contributed by atoms with Crippen LogP contribution in [0.4, 0.5) is 4.39 Å². The van der Waals surface area contributed by atoms with Crippen LogP contribution in [0.25, 0.3) is 5.69 Å². The van der Waals surface area contributed by atoms with Crippen LogP contribution in [-0.4, -0.2) is 47.7 Å². The fourth-order valence-electron chi connectivity index (χ4n) is 5.70. The van der Waals surface area contributed by atoms with Crippen molar-refractivity contribution in [1.82, 2.24) is 29.7 Å². The number of nitrogens with zero attached hydrogens (tertiary/aromatic N) is 6. The molecule has 8 nitrogen and oxygen atoms in total. The first kappa shape index (κ1) is 25.9. The number of benzene rings is 2. The number of carbonyl (C=O) groups excluding carboxylic acids is 1. The fourth-order valence-corrected chi connectivity index (χ4v) is 6.16. The van der Waals surface area contributed by atoms with E-state index in [-0.39, 0.29) is 29.4 Å². The van der Waals surface area contributed by atoms with Crippen molar-refractivity contribution in [2.45, 2.75) is 50.6 Å². The van der Waals surface area contributed by atoms with Gasteiger partial charge < -0.3 is 4.90 Å². The Labute approximate surface area is 237 Å². The Morgan fingerprint density at radius 3 is 2.62 bits per heavy atom. The van der Waals surface area contributed by atoms with Crippen LogP contribution in [0.3, 0.4) is 0 Å². The number of aryl methyl sites for hydroxylation is 1. The Bertz CT molecular complexity index is 1650. The van der Waals surface area contributed by atoms with Crippen LogP contribution in [0.5, 0.6) is 0 Å². The summed E-state index contributed by atoms with van der Waals surface area (Å²) in [6, 6.07) is 13.1. The lowest BCUT2D eigenvalue weighted by Crippen LogP contribution is -2.42. The van der Waals surface area contributed by atoms with Crippen molar-refractivity contribution >= 4 is 33.4 Å². The molecule has 0 bridgehead atoms. The third kappa shape index (κ3) is 4.49. The van der Waals surface area contributed by atoms with E-state index in [0.29, 0.717) is 39.4 Å². The van der Waals surface area contributed by atoms with E-state index < -0.39 is 11.0 Å². The van der Waals surface area contributed by atoms with Crippen LogP contribution in [0.15, 0.2) is 64.0 Å². The van der Waals surface area contributed by atoms with Gasteiger partial charge >= 0.3 is 0 Å². The van der Waals surface area contributed by atoms with Crippen LogP contribution in [0.2, 0.25) is 5.02 Å². The van der Waals surface area contributed by atoms with Gasteiger partial charge in [-0.2, -0.15) is 5.10 Å². The largest absolute Gasteiger partial charge is 0.331 e. The summed E-state index contributed by atoms with van der Waals surface area (Å²) in [4.78, 5) is 28.5. The standard InChI is InChI=1S/C28H25BrClFN6O2/c1-16-13-25(38)26(33-37(16)20-6-4-19(30)5-7-20)27(39)35-12-9-22(28(35)10-11-28)24-15-36(34-32-24)17(2)21-8-3-18(29)14-23(21)31/h3-8,13-15,17,22H,9-12H2,1-2H3/t17-,22?/m0/s1. The lowest BCUT2D eigenvalue weighted by Gasteiger charge is -2.27. The second kappa shape index (κ2) is 9.67. The molecule has 6 rings (SSSR count). The highest BCUT2D eigenvalue weighted by Crippen LogP contribution is 2.57. The van der Waals surface area contributed by atoms with Gasteiger partial charge in [0.1, 0.15) is 5.82 Å². The zero-order valence-electron chi connectivity index (χ0n) is 21.3. The minimum Gasteiger partial charge on any atom is -0.331 e. The summed E-state index contributed by atoms with van der Waals surface area (Å²) in [5.74, 6) is -0.721. The van der Waals surface area contributed by atoms with E-state index in [2.05, 4.69) is 31.3 Å². The molecule has 200 valence electrons. The van der Waals surface area contributed by atoms with Crippen LogP contribution in [-0.2, 0) is 0 Å². The van der Waals surface area contributed by atoms with Gasteiger partial charge in [-0.25, -0.2) is 13.8 Å². The van der Waals surface area contributed by atoms with Crippen molar-refractivity contribution in [2.24, 2.45) is 0 Å². The molecule has 2 aromatic heterocycles. The molecule has 1 saturated carbocycles. The van der Waals surface area contributed by atoms with Crippen LogP contribution < -0.4 is 5.43 Å². The number of likely N-dealkylation sites (tertiary alicyclic amines) is 1. The molecule has 2 atom stereocenters. The second-order valence-corrected chi connectivity index (χ2v) is 11.6. The number of carbonyl (C=O) groups is 1. The number of hydrogen-bond donors (Lipinski definition) is 0. The van der Waals surface area contributed by atoms with Crippen molar-refractivity contribution in [1.29, 1.82) is 0 Å². The summed E-state index contributed by atoms with van der Waals surface area (Å²) in [7, 11) is 0.